The van der Waals surface area contributed by atoms with E-state index in [0.717, 1.165) is 32.4 Å². The van der Waals surface area contributed by atoms with E-state index in [1.807, 2.05) is 7.11 Å². The van der Waals surface area contributed by atoms with Crippen molar-refractivity contribution in [2.45, 2.75) is 63.6 Å². The molecule has 1 saturated carbocycles. The molecule has 2 fully saturated rings. The van der Waals surface area contributed by atoms with Gasteiger partial charge >= 0.3 is 0 Å². The molecular formula is C16H32N2O2. The summed E-state index contributed by atoms with van der Waals surface area (Å²) in [5.74, 6) is 0.665. The molecule has 1 saturated heterocycles. The van der Waals surface area contributed by atoms with Gasteiger partial charge in [0.1, 0.15) is 0 Å². The summed E-state index contributed by atoms with van der Waals surface area (Å²) in [5, 5.41) is 13.4. The second kappa shape index (κ2) is 7.21. The molecule has 20 heavy (non-hydrogen) atoms. The number of methoxy groups -OCH3 is 1. The second-order valence-electron chi connectivity index (χ2n) is 6.80. The minimum atomic E-state index is -0.0354. The van der Waals surface area contributed by atoms with Gasteiger partial charge in [0.15, 0.2) is 0 Å². The van der Waals surface area contributed by atoms with Gasteiger partial charge in [-0.3, -0.25) is 4.90 Å². The average Bonchev–Trinajstić information content (AvgIpc) is 2.91. The molecule has 0 spiro atoms. The number of aliphatic hydroxyl groups is 1. The Morgan fingerprint density at radius 2 is 2.20 bits per heavy atom. The average molecular weight is 284 g/mol. The van der Waals surface area contributed by atoms with Crippen LogP contribution in [-0.4, -0.2) is 61.0 Å². The molecule has 4 nitrogen and oxygen atoms in total. The van der Waals surface area contributed by atoms with Crippen molar-refractivity contribution in [1.29, 1.82) is 0 Å². The summed E-state index contributed by atoms with van der Waals surface area (Å²) in [6, 6.07) is 0.608. The van der Waals surface area contributed by atoms with Crippen LogP contribution in [0.4, 0.5) is 0 Å². The lowest BCUT2D eigenvalue weighted by atomic mass is 9.93. The summed E-state index contributed by atoms with van der Waals surface area (Å²) < 4.78 is 5.63. The monoisotopic (exact) mass is 284 g/mol. The number of hydrogen-bond acceptors (Lipinski definition) is 4. The highest BCUT2D eigenvalue weighted by atomic mass is 16.5. The van der Waals surface area contributed by atoms with E-state index in [1.165, 1.54) is 19.4 Å². The second-order valence-corrected chi connectivity index (χ2v) is 6.80. The Morgan fingerprint density at radius 3 is 2.85 bits per heavy atom. The molecule has 0 amide bonds. The fraction of sp³-hybridized carbons (Fsp3) is 1.00. The van der Waals surface area contributed by atoms with E-state index in [0.29, 0.717) is 18.1 Å². The molecule has 0 aromatic rings. The summed E-state index contributed by atoms with van der Waals surface area (Å²) in [5.41, 5.74) is -0.0354. The number of likely N-dealkylation sites (tertiary alicyclic amines) is 1. The highest BCUT2D eigenvalue weighted by molar-refractivity contribution is 5.00. The van der Waals surface area contributed by atoms with Gasteiger partial charge in [0.2, 0.25) is 0 Å². The topological polar surface area (TPSA) is 44.7 Å². The van der Waals surface area contributed by atoms with E-state index >= 15 is 0 Å². The zero-order chi connectivity index (χ0) is 14.6. The minimum absolute atomic E-state index is 0.0354. The molecule has 0 aromatic heterocycles. The molecule has 1 aliphatic carbocycles. The predicted octanol–water partition coefficient (Wildman–Crippen LogP) is 1.63. The van der Waals surface area contributed by atoms with Crippen molar-refractivity contribution in [3.05, 3.63) is 0 Å². The van der Waals surface area contributed by atoms with E-state index in [2.05, 4.69) is 24.1 Å². The zero-order valence-electron chi connectivity index (χ0n) is 13.4. The van der Waals surface area contributed by atoms with Crippen molar-refractivity contribution < 1.29 is 9.84 Å². The van der Waals surface area contributed by atoms with Crippen LogP contribution in [0.25, 0.3) is 0 Å². The van der Waals surface area contributed by atoms with Crippen LogP contribution in [0.5, 0.6) is 0 Å². The van der Waals surface area contributed by atoms with E-state index in [-0.39, 0.29) is 12.1 Å². The lowest BCUT2D eigenvalue weighted by molar-refractivity contribution is -0.0196. The molecule has 0 radical (unpaired) electrons. The molecule has 1 aliphatic heterocycles. The van der Waals surface area contributed by atoms with Crippen LogP contribution in [-0.2, 0) is 4.74 Å². The lowest BCUT2D eigenvalue weighted by Gasteiger charge is -2.40. The number of nitrogens with zero attached hydrogens (tertiary/aromatic N) is 1. The summed E-state index contributed by atoms with van der Waals surface area (Å²) in [6.45, 7) is 7.98. The van der Waals surface area contributed by atoms with Crippen LogP contribution in [0, 0.1) is 5.92 Å². The van der Waals surface area contributed by atoms with Crippen molar-refractivity contribution in [1.82, 2.24) is 10.2 Å². The molecule has 2 rings (SSSR count). The third-order valence-corrected chi connectivity index (χ3v) is 5.38. The number of rotatable bonds is 6. The van der Waals surface area contributed by atoms with Crippen LogP contribution in [0.2, 0.25) is 0 Å². The van der Waals surface area contributed by atoms with Crippen molar-refractivity contribution >= 4 is 0 Å². The molecule has 4 unspecified atom stereocenters. The molecule has 2 N–H and O–H groups in total. The molecule has 0 bridgehead atoms. The van der Waals surface area contributed by atoms with Crippen LogP contribution in [0.15, 0.2) is 0 Å². The smallest absolute Gasteiger partial charge is 0.0724 e. The number of aliphatic hydroxyl groups excluding tert-OH is 1. The third-order valence-electron chi connectivity index (χ3n) is 5.38. The maximum Gasteiger partial charge on any atom is 0.0724 e. The van der Waals surface area contributed by atoms with Gasteiger partial charge in [-0.05, 0) is 51.1 Å². The first-order valence-corrected chi connectivity index (χ1v) is 8.27. The minimum Gasteiger partial charge on any atom is -0.394 e. The van der Waals surface area contributed by atoms with Gasteiger partial charge < -0.3 is 15.2 Å². The molecule has 4 heteroatoms. The Balaban J connectivity index is 1.91. The van der Waals surface area contributed by atoms with E-state index < -0.39 is 0 Å². The maximum atomic E-state index is 9.79. The Hall–Kier alpha value is -0.160. The van der Waals surface area contributed by atoms with Crippen LogP contribution in [0.1, 0.15) is 46.0 Å². The van der Waals surface area contributed by atoms with E-state index in [1.54, 1.807) is 0 Å². The summed E-state index contributed by atoms with van der Waals surface area (Å²) in [4.78, 5) is 2.60. The van der Waals surface area contributed by atoms with Gasteiger partial charge in [-0.15, -0.1) is 0 Å². The summed E-state index contributed by atoms with van der Waals surface area (Å²) in [6.07, 6.45) is 6.09. The van der Waals surface area contributed by atoms with Gasteiger partial charge in [-0.25, -0.2) is 0 Å². The van der Waals surface area contributed by atoms with E-state index in [4.69, 9.17) is 4.74 Å². The zero-order valence-corrected chi connectivity index (χ0v) is 13.4. The SMILES string of the molecule is CCCNC1(CO)CCC(N2CCC(C)C(OC)C2)C1. The number of ether oxygens (including phenoxy) is 1. The Labute approximate surface area is 123 Å². The first-order valence-electron chi connectivity index (χ1n) is 8.27. The van der Waals surface area contributed by atoms with Gasteiger partial charge in [0.25, 0.3) is 0 Å². The fourth-order valence-electron chi connectivity index (χ4n) is 3.86. The van der Waals surface area contributed by atoms with Crippen LogP contribution >= 0.6 is 0 Å². The molecule has 2 aliphatic rings. The standard InChI is InChI=1S/C16H32N2O2/c1-4-8-17-16(12-19)7-5-14(10-16)18-9-6-13(2)15(11-18)20-3/h13-15,17,19H,4-12H2,1-3H3. The summed E-state index contributed by atoms with van der Waals surface area (Å²) >= 11 is 0. The number of piperidine rings is 1. The van der Waals surface area contributed by atoms with Gasteiger partial charge in [0.05, 0.1) is 12.7 Å². The van der Waals surface area contributed by atoms with Crippen LogP contribution < -0.4 is 5.32 Å². The van der Waals surface area contributed by atoms with Gasteiger partial charge in [-0.1, -0.05) is 13.8 Å². The molecule has 0 aromatic carbocycles. The normalized spacial score (nSPS) is 39.3. The molecule has 118 valence electrons. The lowest BCUT2D eigenvalue weighted by Crippen LogP contribution is -2.51. The van der Waals surface area contributed by atoms with Crippen molar-refractivity contribution in [3.8, 4) is 0 Å². The van der Waals surface area contributed by atoms with Gasteiger partial charge in [0, 0.05) is 25.2 Å². The number of nitrogens with one attached hydrogen (secondary N) is 1. The molecule has 4 atom stereocenters. The van der Waals surface area contributed by atoms with Gasteiger partial charge in [-0.2, -0.15) is 0 Å². The fourth-order valence-corrected chi connectivity index (χ4v) is 3.86. The maximum absolute atomic E-state index is 9.79. The van der Waals surface area contributed by atoms with E-state index in [9.17, 15) is 5.11 Å². The third kappa shape index (κ3) is 3.53. The Morgan fingerprint density at radius 1 is 1.40 bits per heavy atom. The predicted molar refractivity (Wildman–Crippen MR) is 81.9 cm³/mol. The van der Waals surface area contributed by atoms with Crippen molar-refractivity contribution in [2.75, 3.05) is 33.4 Å². The quantitative estimate of drug-likeness (QED) is 0.778. The summed E-state index contributed by atoms with van der Waals surface area (Å²) in [7, 11) is 1.83. The number of hydrogen-bond donors (Lipinski definition) is 2. The Bertz CT molecular complexity index is 300. The highest BCUT2D eigenvalue weighted by Gasteiger charge is 2.42. The largest absolute Gasteiger partial charge is 0.394 e. The first kappa shape index (κ1) is 16.2. The molecular weight excluding hydrogens is 252 g/mol. The first-order chi connectivity index (χ1) is 9.64. The highest BCUT2D eigenvalue weighted by Crippen LogP contribution is 2.35. The van der Waals surface area contributed by atoms with Crippen molar-refractivity contribution in [3.63, 3.8) is 0 Å². The Kier molecular flexibility index (Phi) is 5.84. The molecule has 1 heterocycles. The van der Waals surface area contributed by atoms with Crippen molar-refractivity contribution in [2.24, 2.45) is 5.92 Å². The van der Waals surface area contributed by atoms with Crippen LogP contribution in [0.3, 0.4) is 0 Å².